The maximum atomic E-state index is 13.3. The van der Waals surface area contributed by atoms with Gasteiger partial charge < -0.3 is 35.8 Å². The monoisotopic (exact) mass is 518 g/mol. The predicted octanol–water partition coefficient (Wildman–Crippen LogP) is 2.18. The molecule has 0 saturated carbocycles. The lowest BCUT2D eigenvalue weighted by atomic mass is 9.84. The lowest BCUT2D eigenvalue weighted by molar-refractivity contribution is -0.112. The van der Waals surface area contributed by atoms with Crippen LogP contribution in [0.25, 0.3) is 0 Å². The van der Waals surface area contributed by atoms with Gasteiger partial charge in [-0.2, -0.15) is 0 Å². The first-order valence-corrected chi connectivity index (χ1v) is 12.7. The van der Waals surface area contributed by atoms with E-state index in [2.05, 4.69) is 35.4 Å². The lowest BCUT2D eigenvalue weighted by Crippen LogP contribution is -2.51. The van der Waals surface area contributed by atoms with Gasteiger partial charge in [-0.25, -0.2) is 9.98 Å². The van der Waals surface area contributed by atoms with Crippen molar-refractivity contribution < 1.29 is 14.6 Å². The van der Waals surface area contributed by atoms with E-state index in [1.165, 1.54) is 0 Å². The number of nitrogens with zero attached hydrogens (tertiary/aromatic N) is 4. The van der Waals surface area contributed by atoms with Gasteiger partial charge in [0.15, 0.2) is 0 Å². The Morgan fingerprint density at radius 3 is 2.74 bits per heavy atom. The molecule has 0 spiro atoms. The fourth-order valence-electron chi connectivity index (χ4n) is 4.85. The number of ether oxygens (including phenoxy) is 1. The van der Waals surface area contributed by atoms with E-state index in [4.69, 9.17) is 10.1 Å². The van der Waals surface area contributed by atoms with Crippen molar-refractivity contribution in [1.29, 1.82) is 5.41 Å². The fourth-order valence-corrected chi connectivity index (χ4v) is 4.85. The molecule has 1 fully saturated rings. The molecule has 11 heteroatoms. The zero-order valence-corrected chi connectivity index (χ0v) is 21.9. The molecular weight excluding hydrogens is 484 g/mol. The minimum Gasteiger partial charge on any atom is -0.484 e. The van der Waals surface area contributed by atoms with Crippen LogP contribution in [0.15, 0.2) is 53.3 Å². The Balaban J connectivity index is 1.43. The summed E-state index contributed by atoms with van der Waals surface area (Å²) < 4.78 is 6.31. The normalized spacial score (nSPS) is 22.5. The van der Waals surface area contributed by atoms with Crippen LogP contribution >= 0.6 is 0 Å². The number of fused-ring (bicyclic) bond motifs is 1. The smallest absolute Gasteiger partial charge is 0.261 e. The first-order chi connectivity index (χ1) is 18.2. The van der Waals surface area contributed by atoms with Crippen molar-refractivity contribution in [3.8, 4) is 5.75 Å². The van der Waals surface area contributed by atoms with Crippen molar-refractivity contribution in [3.63, 3.8) is 0 Å². The number of piperazine rings is 1. The molecule has 1 unspecified atom stereocenters. The van der Waals surface area contributed by atoms with Crippen LogP contribution in [0.1, 0.15) is 32.0 Å². The summed E-state index contributed by atoms with van der Waals surface area (Å²) in [7, 11) is 0. The second kappa shape index (κ2) is 10.1. The number of aromatic amines is 1. The van der Waals surface area contributed by atoms with E-state index in [9.17, 15) is 9.90 Å². The molecule has 5 N–H and O–H groups in total. The molecule has 38 heavy (non-hydrogen) atoms. The Hall–Kier alpha value is -3.96. The Morgan fingerprint density at radius 2 is 2.11 bits per heavy atom. The van der Waals surface area contributed by atoms with Crippen LogP contribution < -0.4 is 20.3 Å². The van der Waals surface area contributed by atoms with E-state index in [0.717, 1.165) is 55.9 Å². The van der Waals surface area contributed by atoms with Gasteiger partial charge in [0.1, 0.15) is 17.2 Å². The van der Waals surface area contributed by atoms with E-state index in [0.29, 0.717) is 23.7 Å². The number of amides is 1. The number of aromatic nitrogens is 2. The maximum absolute atomic E-state index is 13.3. The van der Waals surface area contributed by atoms with Gasteiger partial charge in [-0.05, 0) is 32.9 Å². The van der Waals surface area contributed by atoms with Gasteiger partial charge in [-0.1, -0.05) is 0 Å². The lowest BCUT2D eigenvalue weighted by Gasteiger charge is -2.37. The molecule has 2 aromatic rings. The molecule has 5 rings (SSSR count). The zero-order valence-electron chi connectivity index (χ0n) is 21.9. The second-order valence-electron chi connectivity index (χ2n) is 10.5. The van der Waals surface area contributed by atoms with Gasteiger partial charge >= 0.3 is 0 Å². The van der Waals surface area contributed by atoms with Crippen LogP contribution in [0.4, 0.5) is 11.4 Å². The largest absolute Gasteiger partial charge is 0.484 e. The number of nitrogens with one attached hydrogen (secondary N) is 4. The average molecular weight is 519 g/mol. The van der Waals surface area contributed by atoms with E-state index >= 15 is 0 Å². The van der Waals surface area contributed by atoms with Gasteiger partial charge in [-0.3, -0.25) is 9.69 Å². The number of aliphatic hydroxyl groups is 1. The maximum Gasteiger partial charge on any atom is 0.261 e. The quantitative estimate of drug-likeness (QED) is 0.279. The second-order valence-corrected chi connectivity index (χ2v) is 10.5. The number of carbonyl (C=O) groups is 1. The number of hydrogen-bond acceptors (Lipinski definition) is 9. The van der Waals surface area contributed by atoms with Crippen LogP contribution in [0.2, 0.25) is 0 Å². The number of hydrogen-bond donors (Lipinski definition) is 5. The van der Waals surface area contributed by atoms with Crippen molar-refractivity contribution in [2.24, 2.45) is 4.99 Å². The summed E-state index contributed by atoms with van der Waals surface area (Å²) in [5.74, 6) is 0.584. The third-order valence-corrected chi connectivity index (χ3v) is 7.49. The third kappa shape index (κ3) is 5.07. The molecule has 3 aliphatic heterocycles. The molecule has 4 heterocycles. The summed E-state index contributed by atoms with van der Waals surface area (Å²) in [4.78, 5) is 29.4. The number of imidazole rings is 1. The highest BCUT2D eigenvalue weighted by molar-refractivity contribution is 6.18. The predicted molar refractivity (Wildman–Crippen MR) is 147 cm³/mol. The van der Waals surface area contributed by atoms with Crippen LogP contribution in [-0.2, 0) is 17.8 Å². The number of rotatable bonds is 7. The first-order valence-electron chi connectivity index (χ1n) is 12.7. The molecule has 1 amide bonds. The number of anilines is 2. The number of benzene rings is 1. The van der Waals surface area contributed by atoms with E-state index in [1.54, 1.807) is 38.7 Å². The molecule has 3 aliphatic rings. The highest BCUT2D eigenvalue weighted by Gasteiger charge is 2.47. The molecule has 0 bridgehead atoms. The summed E-state index contributed by atoms with van der Waals surface area (Å²) in [6, 6.07) is 3.89. The summed E-state index contributed by atoms with van der Waals surface area (Å²) in [5.41, 5.74) is 1.64. The highest BCUT2D eigenvalue weighted by atomic mass is 16.5. The molecule has 0 radical (unpaired) electrons. The van der Waals surface area contributed by atoms with E-state index < -0.39 is 17.1 Å². The van der Waals surface area contributed by atoms with Gasteiger partial charge in [-0.15, -0.1) is 0 Å². The Labute approximate surface area is 221 Å². The number of carbonyl (C=O) groups excluding carboxylic acids is 1. The van der Waals surface area contributed by atoms with Crippen LogP contribution in [-0.4, -0.2) is 75.7 Å². The zero-order chi connectivity index (χ0) is 26.9. The van der Waals surface area contributed by atoms with Gasteiger partial charge in [0.2, 0.25) is 0 Å². The standard InChI is InChI=1S/C27H34N8O3/c1-26(2,37)27(3)13-18-11-21(33-25(36)20(14-28)24-30-5-4-6-31-24)22(12-23(18)38-27)35-9-7-34(8-10-35)16-19-15-29-17-32-19/h4-6,11-12,14-15,17,28,30,37H,7-10,13,16H2,1-3H3,(H,29,32)(H,33,36)/b24-20-,28-14?. The van der Waals surface area contributed by atoms with Crippen LogP contribution in [0.3, 0.4) is 0 Å². The number of H-pyrrole nitrogens is 1. The molecule has 0 aliphatic carbocycles. The Kier molecular flexibility index (Phi) is 6.80. The van der Waals surface area contributed by atoms with Crippen LogP contribution in [0, 0.1) is 5.41 Å². The summed E-state index contributed by atoms with van der Waals surface area (Å²) in [5, 5.41) is 24.6. The number of allylic oxidation sites excluding steroid dienone is 1. The van der Waals surface area contributed by atoms with Crippen molar-refractivity contribution in [2.75, 3.05) is 36.4 Å². The topological polar surface area (TPSA) is 142 Å². The molecule has 11 nitrogen and oxygen atoms in total. The number of aliphatic imine (C=N–C) groups is 1. The molecule has 200 valence electrons. The van der Waals surface area contributed by atoms with Crippen molar-refractivity contribution in [2.45, 2.75) is 44.9 Å². The van der Waals surface area contributed by atoms with Crippen LogP contribution in [0.5, 0.6) is 5.75 Å². The Bertz CT molecular complexity index is 1300. The Morgan fingerprint density at radius 1 is 1.32 bits per heavy atom. The van der Waals surface area contributed by atoms with Crippen molar-refractivity contribution in [1.82, 2.24) is 20.2 Å². The van der Waals surface area contributed by atoms with Gasteiger partial charge in [0, 0.05) is 75.6 Å². The molecule has 1 saturated heterocycles. The summed E-state index contributed by atoms with van der Waals surface area (Å²) in [6.07, 6.45) is 10.1. The highest BCUT2D eigenvalue weighted by Crippen LogP contribution is 2.45. The van der Waals surface area contributed by atoms with Crippen molar-refractivity contribution >= 4 is 29.7 Å². The molecular formula is C27H34N8O3. The summed E-state index contributed by atoms with van der Waals surface area (Å²) in [6.45, 7) is 9.34. The average Bonchev–Trinajstić information content (AvgIpc) is 3.52. The minimum absolute atomic E-state index is 0.124. The first kappa shape index (κ1) is 25.7. The van der Waals surface area contributed by atoms with Gasteiger partial charge in [0.05, 0.1) is 34.6 Å². The van der Waals surface area contributed by atoms with E-state index in [-0.39, 0.29) is 5.57 Å². The van der Waals surface area contributed by atoms with E-state index in [1.807, 2.05) is 25.3 Å². The van der Waals surface area contributed by atoms with Gasteiger partial charge in [0.25, 0.3) is 5.91 Å². The van der Waals surface area contributed by atoms with Crippen molar-refractivity contribution in [3.05, 3.63) is 59.6 Å². The molecule has 1 aromatic carbocycles. The minimum atomic E-state index is -1.07. The molecule has 1 atom stereocenters. The SMILES string of the molecule is CC(C)(O)C1(C)Cc2cc(NC(=O)/C(C=N)=C3\N=CC=CN3)c(N3CCN(Cc4c[nH]cn4)CC3)cc2O1. The third-order valence-electron chi connectivity index (χ3n) is 7.49. The summed E-state index contributed by atoms with van der Waals surface area (Å²) >= 11 is 0. The molecule has 1 aromatic heterocycles. The fraction of sp³-hybridized carbons (Fsp3) is 0.407.